The molecule has 0 heterocycles. The van der Waals surface area contributed by atoms with Crippen LogP contribution < -0.4 is 0 Å². The molecule has 0 aliphatic heterocycles. The van der Waals surface area contributed by atoms with Crippen molar-refractivity contribution in [1.82, 2.24) is 0 Å². The SMILES string of the molecule is Cc1cc([C@H](O)c2ccccc2Br)ccc1Cl. The maximum absolute atomic E-state index is 10.3. The first-order valence-electron chi connectivity index (χ1n) is 5.28. The lowest BCUT2D eigenvalue weighted by atomic mass is 10.0. The summed E-state index contributed by atoms with van der Waals surface area (Å²) < 4.78 is 0.903. The Balaban J connectivity index is 2.40. The maximum atomic E-state index is 10.3. The van der Waals surface area contributed by atoms with Crippen molar-refractivity contribution in [3.63, 3.8) is 0 Å². The molecule has 17 heavy (non-hydrogen) atoms. The van der Waals surface area contributed by atoms with Gasteiger partial charge in [-0.2, -0.15) is 0 Å². The van der Waals surface area contributed by atoms with Crippen LogP contribution in [0.5, 0.6) is 0 Å². The van der Waals surface area contributed by atoms with Crippen molar-refractivity contribution in [2.45, 2.75) is 13.0 Å². The molecule has 1 N–H and O–H groups in total. The van der Waals surface area contributed by atoms with Crippen LogP contribution in [0.1, 0.15) is 22.8 Å². The van der Waals surface area contributed by atoms with Gasteiger partial charge in [-0.3, -0.25) is 0 Å². The predicted molar refractivity (Wildman–Crippen MR) is 74.4 cm³/mol. The Hall–Kier alpha value is -0.830. The van der Waals surface area contributed by atoms with Crippen LogP contribution in [-0.2, 0) is 0 Å². The lowest BCUT2D eigenvalue weighted by molar-refractivity contribution is 0.219. The van der Waals surface area contributed by atoms with Crippen LogP contribution in [0.15, 0.2) is 46.9 Å². The number of hydrogen-bond acceptors (Lipinski definition) is 1. The van der Waals surface area contributed by atoms with E-state index in [9.17, 15) is 5.11 Å². The molecule has 0 unspecified atom stereocenters. The van der Waals surface area contributed by atoms with E-state index < -0.39 is 6.10 Å². The van der Waals surface area contributed by atoms with Gasteiger partial charge in [-0.05, 0) is 35.7 Å². The Morgan fingerprint density at radius 2 is 1.88 bits per heavy atom. The Labute approximate surface area is 114 Å². The Bertz CT molecular complexity index is 539. The van der Waals surface area contributed by atoms with Crippen molar-refractivity contribution in [1.29, 1.82) is 0 Å². The smallest absolute Gasteiger partial charge is 0.105 e. The third kappa shape index (κ3) is 2.71. The van der Waals surface area contributed by atoms with Gasteiger partial charge < -0.3 is 5.11 Å². The van der Waals surface area contributed by atoms with E-state index in [-0.39, 0.29) is 0 Å². The van der Waals surface area contributed by atoms with Crippen molar-refractivity contribution in [2.24, 2.45) is 0 Å². The molecule has 0 bridgehead atoms. The highest BCUT2D eigenvalue weighted by Crippen LogP contribution is 2.30. The van der Waals surface area contributed by atoms with E-state index in [1.54, 1.807) is 0 Å². The van der Waals surface area contributed by atoms with E-state index in [0.29, 0.717) is 5.02 Å². The van der Waals surface area contributed by atoms with E-state index in [0.717, 1.165) is 21.2 Å². The number of rotatable bonds is 2. The number of halogens is 2. The monoisotopic (exact) mass is 310 g/mol. The minimum atomic E-state index is -0.637. The maximum Gasteiger partial charge on any atom is 0.105 e. The Morgan fingerprint density at radius 1 is 1.18 bits per heavy atom. The van der Waals surface area contributed by atoms with Crippen molar-refractivity contribution in [3.8, 4) is 0 Å². The number of aliphatic hydroxyl groups is 1. The van der Waals surface area contributed by atoms with Crippen LogP contribution in [0, 0.1) is 6.92 Å². The summed E-state index contributed by atoms with van der Waals surface area (Å²) in [4.78, 5) is 0. The molecule has 0 radical (unpaired) electrons. The molecule has 1 nitrogen and oxygen atoms in total. The molecule has 88 valence electrons. The molecule has 3 heteroatoms. The van der Waals surface area contributed by atoms with Gasteiger partial charge >= 0.3 is 0 Å². The lowest BCUT2D eigenvalue weighted by Gasteiger charge is -2.14. The quantitative estimate of drug-likeness (QED) is 0.866. The first-order chi connectivity index (χ1) is 8.09. The zero-order chi connectivity index (χ0) is 12.4. The van der Waals surface area contributed by atoms with Gasteiger partial charge in [-0.1, -0.05) is 57.9 Å². The largest absolute Gasteiger partial charge is 0.384 e. The Kier molecular flexibility index (Phi) is 3.87. The molecule has 0 aromatic heterocycles. The van der Waals surface area contributed by atoms with Crippen LogP contribution >= 0.6 is 27.5 Å². The third-order valence-electron chi connectivity index (χ3n) is 2.70. The van der Waals surface area contributed by atoms with Crippen molar-refractivity contribution >= 4 is 27.5 Å². The molecule has 0 fully saturated rings. The molecule has 0 spiro atoms. The van der Waals surface area contributed by atoms with Crippen LogP contribution in [-0.4, -0.2) is 5.11 Å². The average Bonchev–Trinajstić information content (AvgIpc) is 2.32. The summed E-state index contributed by atoms with van der Waals surface area (Å²) in [6.45, 7) is 1.93. The summed E-state index contributed by atoms with van der Waals surface area (Å²) in [5, 5.41) is 11.0. The van der Waals surface area contributed by atoms with Crippen molar-refractivity contribution < 1.29 is 5.11 Å². The second-order valence-electron chi connectivity index (χ2n) is 3.93. The van der Waals surface area contributed by atoms with Crippen LogP contribution in [0.25, 0.3) is 0 Å². The molecule has 0 aliphatic carbocycles. The van der Waals surface area contributed by atoms with Crippen molar-refractivity contribution in [2.75, 3.05) is 0 Å². The minimum absolute atomic E-state index is 0.637. The molecular formula is C14H12BrClO. The molecule has 2 aromatic rings. The predicted octanol–water partition coefficient (Wildman–Crippen LogP) is 4.49. The number of benzene rings is 2. The number of aryl methyl sites for hydroxylation is 1. The molecule has 2 rings (SSSR count). The fourth-order valence-electron chi connectivity index (χ4n) is 1.71. The summed E-state index contributed by atoms with van der Waals surface area (Å²) >= 11 is 9.41. The van der Waals surface area contributed by atoms with Gasteiger partial charge in [0.05, 0.1) is 0 Å². The van der Waals surface area contributed by atoms with Gasteiger partial charge in [0.15, 0.2) is 0 Å². The topological polar surface area (TPSA) is 20.2 Å². The number of aliphatic hydroxyl groups excluding tert-OH is 1. The highest BCUT2D eigenvalue weighted by Gasteiger charge is 2.13. The van der Waals surface area contributed by atoms with Crippen LogP contribution in [0.4, 0.5) is 0 Å². The molecular weight excluding hydrogens is 300 g/mol. The van der Waals surface area contributed by atoms with Gasteiger partial charge in [0.25, 0.3) is 0 Å². The summed E-state index contributed by atoms with van der Waals surface area (Å²) in [6, 6.07) is 13.2. The zero-order valence-corrected chi connectivity index (χ0v) is 11.7. The summed E-state index contributed by atoms with van der Waals surface area (Å²) in [6.07, 6.45) is -0.637. The molecule has 0 saturated heterocycles. The summed E-state index contributed by atoms with van der Waals surface area (Å²) in [5.41, 5.74) is 2.67. The third-order valence-corrected chi connectivity index (χ3v) is 3.84. The average molecular weight is 312 g/mol. The number of hydrogen-bond donors (Lipinski definition) is 1. The first kappa shape index (κ1) is 12.6. The lowest BCUT2D eigenvalue weighted by Crippen LogP contribution is -2.00. The van der Waals surface area contributed by atoms with E-state index in [1.807, 2.05) is 49.4 Å². The van der Waals surface area contributed by atoms with E-state index in [4.69, 9.17) is 11.6 Å². The van der Waals surface area contributed by atoms with Gasteiger partial charge in [0, 0.05) is 9.50 Å². The zero-order valence-electron chi connectivity index (χ0n) is 9.32. The highest BCUT2D eigenvalue weighted by atomic mass is 79.9. The second kappa shape index (κ2) is 5.21. The highest BCUT2D eigenvalue weighted by molar-refractivity contribution is 9.10. The fraction of sp³-hybridized carbons (Fsp3) is 0.143. The van der Waals surface area contributed by atoms with E-state index in [1.165, 1.54) is 0 Å². The van der Waals surface area contributed by atoms with E-state index in [2.05, 4.69) is 15.9 Å². The van der Waals surface area contributed by atoms with Crippen molar-refractivity contribution in [3.05, 3.63) is 68.7 Å². The van der Waals surface area contributed by atoms with Gasteiger partial charge in [-0.25, -0.2) is 0 Å². The standard InChI is InChI=1S/C14H12BrClO/c1-9-8-10(6-7-13(9)16)14(17)11-4-2-3-5-12(11)15/h2-8,14,17H,1H3/t14-/m0/s1. The minimum Gasteiger partial charge on any atom is -0.384 e. The van der Waals surface area contributed by atoms with Crippen LogP contribution in [0.3, 0.4) is 0 Å². The fourth-order valence-corrected chi connectivity index (χ4v) is 2.33. The summed E-state index contributed by atoms with van der Waals surface area (Å²) in [5.74, 6) is 0. The molecule has 1 atom stereocenters. The molecule has 2 aromatic carbocycles. The second-order valence-corrected chi connectivity index (χ2v) is 5.19. The van der Waals surface area contributed by atoms with E-state index >= 15 is 0 Å². The van der Waals surface area contributed by atoms with Gasteiger partial charge in [0.2, 0.25) is 0 Å². The first-order valence-corrected chi connectivity index (χ1v) is 6.45. The summed E-state index contributed by atoms with van der Waals surface area (Å²) in [7, 11) is 0. The van der Waals surface area contributed by atoms with Gasteiger partial charge in [-0.15, -0.1) is 0 Å². The molecule has 0 amide bonds. The van der Waals surface area contributed by atoms with Crippen LogP contribution in [0.2, 0.25) is 5.02 Å². The van der Waals surface area contributed by atoms with Gasteiger partial charge in [0.1, 0.15) is 6.10 Å². The normalized spacial score (nSPS) is 12.5. The molecule has 0 aliphatic rings. The molecule has 0 saturated carbocycles. The Morgan fingerprint density at radius 3 is 2.53 bits per heavy atom.